The van der Waals surface area contributed by atoms with Crippen LogP contribution in [0.25, 0.3) is 0 Å². The first-order chi connectivity index (χ1) is 12.6. The van der Waals surface area contributed by atoms with E-state index in [0.29, 0.717) is 23.5 Å². The van der Waals surface area contributed by atoms with Crippen LogP contribution in [0.4, 0.5) is 4.79 Å². The summed E-state index contributed by atoms with van der Waals surface area (Å²) in [7, 11) is 1.57. The third-order valence-electron chi connectivity index (χ3n) is 4.52. The van der Waals surface area contributed by atoms with Crippen molar-refractivity contribution in [2.75, 3.05) is 20.3 Å². The van der Waals surface area contributed by atoms with Crippen LogP contribution < -0.4 is 14.8 Å². The SMILES string of the molecule is CCOC(=O)NC1COc2ccc(OC)cc2[C@]1(O)Cc1ccccc1. The van der Waals surface area contributed by atoms with Crippen LogP contribution in [0.15, 0.2) is 48.5 Å². The van der Waals surface area contributed by atoms with Crippen LogP contribution in [-0.2, 0) is 16.8 Å². The number of carbonyl (C=O) groups is 1. The highest BCUT2D eigenvalue weighted by atomic mass is 16.5. The molecule has 0 radical (unpaired) electrons. The molecule has 0 fully saturated rings. The summed E-state index contributed by atoms with van der Waals surface area (Å²) < 4.78 is 16.0. The van der Waals surface area contributed by atoms with Gasteiger partial charge in [-0.2, -0.15) is 0 Å². The maximum absolute atomic E-state index is 12.0. The lowest BCUT2D eigenvalue weighted by Crippen LogP contribution is -2.57. The molecule has 26 heavy (non-hydrogen) atoms. The minimum atomic E-state index is -1.36. The molecule has 2 aromatic carbocycles. The van der Waals surface area contributed by atoms with Gasteiger partial charge in [0.15, 0.2) is 0 Å². The molecule has 2 N–H and O–H groups in total. The summed E-state index contributed by atoms with van der Waals surface area (Å²) in [6, 6.07) is 14.3. The van der Waals surface area contributed by atoms with E-state index in [1.807, 2.05) is 30.3 Å². The molecule has 138 valence electrons. The summed E-state index contributed by atoms with van der Waals surface area (Å²) in [6.45, 7) is 2.12. The van der Waals surface area contributed by atoms with Crippen molar-refractivity contribution in [2.24, 2.45) is 0 Å². The first-order valence-corrected chi connectivity index (χ1v) is 8.57. The Hall–Kier alpha value is -2.73. The lowest BCUT2D eigenvalue weighted by molar-refractivity contribution is -0.0352. The Kier molecular flexibility index (Phi) is 5.32. The molecule has 6 nitrogen and oxygen atoms in total. The number of methoxy groups -OCH3 is 1. The van der Waals surface area contributed by atoms with Crippen molar-refractivity contribution in [3.05, 3.63) is 59.7 Å². The number of ether oxygens (including phenoxy) is 3. The van der Waals surface area contributed by atoms with E-state index < -0.39 is 17.7 Å². The minimum Gasteiger partial charge on any atom is -0.497 e. The number of amides is 1. The highest BCUT2D eigenvalue weighted by molar-refractivity contribution is 5.68. The van der Waals surface area contributed by atoms with Crippen molar-refractivity contribution < 1.29 is 24.1 Å². The second-order valence-electron chi connectivity index (χ2n) is 6.18. The van der Waals surface area contributed by atoms with Gasteiger partial charge in [-0.1, -0.05) is 30.3 Å². The summed E-state index contributed by atoms with van der Waals surface area (Å²) in [5.41, 5.74) is 0.158. The zero-order valence-electron chi connectivity index (χ0n) is 14.9. The maximum atomic E-state index is 12.0. The van der Waals surface area contributed by atoms with Crippen molar-refractivity contribution in [3.63, 3.8) is 0 Å². The Morgan fingerprint density at radius 3 is 2.77 bits per heavy atom. The van der Waals surface area contributed by atoms with Crippen molar-refractivity contribution in [2.45, 2.75) is 25.0 Å². The fraction of sp³-hybridized carbons (Fsp3) is 0.350. The Morgan fingerprint density at radius 1 is 1.31 bits per heavy atom. The van der Waals surface area contributed by atoms with Crippen molar-refractivity contribution in [1.29, 1.82) is 0 Å². The van der Waals surface area contributed by atoms with E-state index in [0.717, 1.165) is 5.56 Å². The van der Waals surface area contributed by atoms with Crippen LogP contribution in [0.5, 0.6) is 11.5 Å². The normalized spacial score (nSPS) is 21.3. The Morgan fingerprint density at radius 2 is 2.08 bits per heavy atom. The van der Waals surface area contributed by atoms with Crippen LogP contribution in [-0.4, -0.2) is 37.6 Å². The summed E-state index contributed by atoms with van der Waals surface area (Å²) in [4.78, 5) is 12.0. The predicted octanol–water partition coefficient (Wildman–Crippen LogP) is 2.63. The Bertz CT molecular complexity index is 764. The molecular formula is C20H23NO5. The van der Waals surface area contributed by atoms with E-state index in [9.17, 15) is 9.90 Å². The fourth-order valence-electron chi connectivity index (χ4n) is 3.20. The third-order valence-corrected chi connectivity index (χ3v) is 4.52. The molecule has 2 atom stereocenters. The standard InChI is InChI=1S/C20H23NO5/c1-3-25-19(22)21-18-13-26-17-10-9-15(24-2)11-16(17)20(18,23)12-14-7-5-4-6-8-14/h4-11,18,23H,3,12-13H2,1-2H3,(H,21,22)/t18?,20-/m1/s1. The van der Waals surface area contributed by atoms with Crippen molar-refractivity contribution >= 4 is 6.09 Å². The zero-order valence-corrected chi connectivity index (χ0v) is 14.9. The molecular weight excluding hydrogens is 334 g/mol. The molecule has 0 aromatic heterocycles. The topological polar surface area (TPSA) is 77.0 Å². The molecule has 0 bridgehead atoms. The summed E-state index contributed by atoms with van der Waals surface area (Å²) in [6.07, 6.45) is -0.270. The first-order valence-electron chi connectivity index (χ1n) is 8.57. The number of hydrogen-bond acceptors (Lipinski definition) is 5. The fourth-order valence-corrected chi connectivity index (χ4v) is 3.20. The number of aliphatic hydroxyl groups is 1. The van der Waals surface area contributed by atoms with Gasteiger partial charge < -0.3 is 24.6 Å². The van der Waals surface area contributed by atoms with E-state index in [4.69, 9.17) is 14.2 Å². The highest BCUT2D eigenvalue weighted by Gasteiger charge is 2.45. The van der Waals surface area contributed by atoms with E-state index in [1.54, 1.807) is 32.2 Å². The van der Waals surface area contributed by atoms with Gasteiger partial charge in [0, 0.05) is 12.0 Å². The van der Waals surface area contributed by atoms with E-state index in [1.165, 1.54) is 0 Å². The number of alkyl carbamates (subject to hydrolysis) is 1. The molecule has 0 saturated carbocycles. The monoisotopic (exact) mass is 357 g/mol. The lowest BCUT2D eigenvalue weighted by atomic mass is 9.79. The molecule has 6 heteroatoms. The molecule has 1 aliphatic heterocycles. The van der Waals surface area contributed by atoms with Gasteiger partial charge in [-0.25, -0.2) is 4.79 Å². The number of hydrogen-bond donors (Lipinski definition) is 2. The van der Waals surface area contributed by atoms with Gasteiger partial charge in [0.05, 0.1) is 19.8 Å². The van der Waals surface area contributed by atoms with Gasteiger partial charge in [0.2, 0.25) is 0 Å². The average molecular weight is 357 g/mol. The molecule has 0 saturated heterocycles. The summed E-state index contributed by atoms with van der Waals surface area (Å²) in [5.74, 6) is 1.18. The van der Waals surface area contributed by atoms with Gasteiger partial charge in [-0.15, -0.1) is 0 Å². The lowest BCUT2D eigenvalue weighted by Gasteiger charge is -2.41. The van der Waals surface area contributed by atoms with E-state index >= 15 is 0 Å². The molecule has 1 amide bonds. The Labute approximate surface area is 152 Å². The van der Waals surface area contributed by atoms with Gasteiger partial charge in [0.1, 0.15) is 23.7 Å². The number of rotatable bonds is 5. The molecule has 2 aromatic rings. The largest absolute Gasteiger partial charge is 0.497 e. The number of nitrogens with one attached hydrogen (secondary N) is 1. The molecule has 0 aliphatic carbocycles. The van der Waals surface area contributed by atoms with Gasteiger partial charge >= 0.3 is 6.09 Å². The van der Waals surface area contributed by atoms with E-state index in [-0.39, 0.29) is 13.2 Å². The second kappa shape index (κ2) is 7.66. The van der Waals surface area contributed by atoms with Crippen molar-refractivity contribution in [3.8, 4) is 11.5 Å². The predicted molar refractivity (Wildman–Crippen MR) is 96.5 cm³/mol. The Balaban J connectivity index is 2.00. The molecule has 0 spiro atoms. The molecule has 3 rings (SSSR count). The van der Waals surface area contributed by atoms with Gasteiger partial charge in [-0.05, 0) is 30.7 Å². The zero-order chi connectivity index (χ0) is 18.6. The van der Waals surface area contributed by atoms with Crippen LogP contribution >= 0.6 is 0 Å². The van der Waals surface area contributed by atoms with Gasteiger partial charge in [0.25, 0.3) is 0 Å². The first kappa shape index (κ1) is 18.1. The van der Waals surface area contributed by atoms with Crippen molar-refractivity contribution in [1.82, 2.24) is 5.32 Å². The smallest absolute Gasteiger partial charge is 0.407 e. The van der Waals surface area contributed by atoms with Crippen LogP contribution in [0.1, 0.15) is 18.1 Å². The van der Waals surface area contributed by atoms with E-state index in [2.05, 4.69) is 5.32 Å². The molecule has 1 unspecified atom stereocenters. The summed E-state index contributed by atoms with van der Waals surface area (Å²) in [5, 5.41) is 14.4. The van der Waals surface area contributed by atoms with Gasteiger partial charge in [-0.3, -0.25) is 0 Å². The highest BCUT2D eigenvalue weighted by Crippen LogP contribution is 2.41. The van der Waals surface area contributed by atoms with Crippen LogP contribution in [0, 0.1) is 0 Å². The minimum absolute atomic E-state index is 0.140. The average Bonchev–Trinajstić information content (AvgIpc) is 2.65. The molecule has 1 aliphatic rings. The summed E-state index contributed by atoms with van der Waals surface area (Å²) >= 11 is 0. The number of carbonyl (C=O) groups excluding carboxylic acids is 1. The number of fused-ring (bicyclic) bond motifs is 1. The second-order valence-corrected chi connectivity index (χ2v) is 6.18. The van der Waals surface area contributed by atoms with Crippen LogP contribution in [0.2, 0.25) is 0 Å². The quantitative estimate of drug-likeness (QED) is 0.860. The van der Waals surface area contributed by atoms with Crippen LogP contribution in [0.3, 0.4) is 0 Å². The molecule has 1 heterocycles. The maximum Gasteiger partial charge on any atom is 0.407 e. The third kappa shape index (κ3) is 3.60. The number of benzene rings is 2.